The predicted octanol–water partition coefficient (Wildman–Crippen LogP) is 2.78. The van der Waals surface area contributed by atoms with E-state index in [4.69, 9.17) is 0 Å². The normalized spacial score (nSPS) is 12.2. The van der Waals surface area contributed by atoms with Crippen LogP contribution in [0.15, 0.2) is 42.7 Å². The van der Waals surface area contributed by atoms with Gasteiger partial charge in [0.2, 0.25) is 0 Å². The molecule has 20 heavy (non-hydrogen) atoms. The van der Waals surface area contributed by atoms with Crippen LogP contribution in [0, 0.1) is 0 Å². The molecule has 106 valence electrons. The maximum atomic E-state index is 4.49. The Morgan fingerprint density at radius 1 is 1.20 bits per heavy atom. The van der Waals surface area contributed by atoms with Gasteiger partial charge < -0.3 is 10.2 Å². The van der Waals surface area contributed by atoms with Crippen LogP contribution in [0.1, 0.15) is 31.1 Å². The smallest absolute Gasteiger partial charge is 0.129 e. The van der Waals surface area contributed by atoms with Gasteiger partial charge in [-0.15, -0.1) is 0 Å². The average molecular weight is 270 g/mol. The minimum absolute atomic E-state index is 0.324. The Bertz CT molecular complexity index is 527. The molecule has 2 rings (SSSR count). The van der Waals surface area contributed by atoms with E-state index in [1.807, 2.05) is 37.6 Å². The highest BCUT2D eigenvalue weighted by atomic mass is 15.2. The summed E-state index contributed by atoms with van der Waals surface area (Å²) in [5.74, 6) is 0.998. The molecule has 0 aliphatic rings. The number of rotatable bonds is 6. The molecule has 1 unspecified atom stereocenters. The molecule has 4 heteroatoms. The van der Waals surface area contributed by atoms with Crippen LogP contribution in [-0.4, -0.2) is 23.6 Å². The first-order chi connectivity index (χ1) is 9.74. The third-order valence-electron chi connectivity index (χ3n) is 3.49. The largest absolute Gasteiger partial charge is 0.351 e. The van der Waals surface area contributed by atoms with E-state index in [0.29, 0.717) is 6.04 Å². The number of hydrogen-bond acceptors (Lipinski definition) is 4. The van der Waals surface area contributed by atoms with Crippen molar-refractivity contribution in [1.29, 1.82) is 0 Å². The van der Waals surface area contributed by atoms with Gasteiger partial charge >= 0.3 is 0 Å². The minimum atomic E-state index is 0.324. The third kappa shape index (κ3) is 3.54. The van der Waals surface area contributed by atoms with Crippen molar-refractivity contribution < 1.29 is 0 Å². The van der Waals surface area contributed by atoms with Gasteiger partial charge in [-0.2, -0.15) is 0 Å². The van der Waals surface area contributed by atoms with Gasteiger partial charge in [0.05, 0.1) is 12.2 Å². The Labute approximate surface area is 120 Å². The molecule has 0 amide bonds. The van der Waals surface area contributed by atoms with E-state index in [2.05, 4.69) is 46.2 Å². The highest BCUT2D eigenvalue weighted by molar-refractivity contribution is 5.42. The van der Waals surface area contributed by atoms with Gasteiger partial charge in [-0.25, -0.2) is 4.98 Å². The fourth-order valence-corrected chi connectivity index (χ4v) is 2.09. The van der Waals surface area contributed by atoms with E-state index in [1.165, 1.54) is 5.56 Å². The molecule has 0 aromatic carbocycles. The Morgan fingerprint density at radius 2 is 2.05 bits per heavy atom. The van der Waals surface area contributed by atoms with E-state index in [-0.39, 0.29) is 0 Å². The zero-order valence-electron chi connectivity index (χ0n) is 12.4. The maximum absolute atomic E-state index is 4.49. The van der Waals surface area contributed by atoms with Crippen molar-refractivity contribution in [2.75, 3.05) is 18.5 Å². The first-order valence-electron chi connectivity index (χ1n) is 7.02. The molecular formula is C16H22N4. The van der Waals surface area contributed by atoms with E-state index in [1.54, 1.807) is 0 Å². The maximum Gasteiger partial charge on any atom is 0.129 e. The standard InChI is InChI=1S/C16H22N4/c1-4-20(12-15-7-5-6-9-18-15)16-11-14(8-10-19-16)13(2)17-3/h5-11,13,17H,4,12H2,1-3H3. The van der Waals surface area contributed by atoms with E-state index >= 15 is 0 Å². The minimum Gasteiger partial charge on any atom is -0.351 e. The Hall–Kier alpha value is -1.94. The molecule has 0 radical (unpaired) electrons. The average Bonchev–Trinajstić information content (AvgIpc) is 2.53. The molecule has 0 saturated carbocycles. The van der Waals surface area contributed by atoms with Crippen LogP contribution < -0.4 is 10.2 Å². The number of aromatic nitrogens is 2. The first-order valence-corrected chi connectivity index (χ1v) is 7.02. The number of nitrogens with zero attached hydrogens (tertiary/aromatic N) is 3. The number of nitrogens with one attached hydrogen (secondary N) is 1. The Balaban J connectivity index is 2.19. The van der Waals surface area contributed by atoms with Crippen molar-refractivity contribution in [3.8, 4) is 0 Å². The Kier molecular flexibility index (Phi) is 5.07. The molecule has 0 aliphatic heterocycles. The van der Waals surface area contributed by atoms with Gasteiger partial charge in [0.15, 0.2) is 0 Å². The molecular weight excluding hydrogens is 248 g/mol. The zero-order chi connectivity index (χ0) is 14.4. The van der Waals surface area contributed by atoms with Crippen LogP contribution in [0.4, 0.5) is 5.82 Å². The molecule has 2 heterocycles. The summed E-state index contributed by atoms with van der Waals surface area (Å²) in [7, 11) is 1.97. The number of pyridine rings is 2. The second-order valence-electron chi connectivity index (χ2n) is 4.79. The zero-order valence-corrected chi connectivity index (χ0v) is 12.4. The summed E-state index contributed by atoms with van der Waals surface area (Å²) in [4.78, 5) is 11.1. The van der Waals surface area contributed by atoms with Crippen molar-refractivity contribution in [3.05, 3.63) is 54.0 Å². The lowest BCUT2D eigenvalue weighted by atomic mass is 10.1. The topological polar surface area (TPSA) is 41.1 Å². The summed E-state index contributed by atoms with van der Waals surface area (Å²) in [6.07, 6.45) is 3.70. The monoisotopic (exact) mass is 270 g/mol. The summed E-state index contributed by atoms with van der Waals surface area (Å²) >= 11 is 0. The lowest BCUT2D eigenvalue weighted by molar-refractivity contribution is 0.650. The predicted molar refractivity (Wildman–Crippen MR) is 82.7 cm³/mol. The Morgan fingerprint density at radius 3 is 2.70 bits per heavy atom. The van der Waals surface area contributed by atoms with Crippen LogP contribution in [0.2, 0.25) is 0 Å². The van der Waals surface area contributed by atoms with Gasteiger partial charge in [-0.05, 0) is 50.7 Å². The van der Waals surface area contributed by atoms with Crippen LogP contribution in [0.5, 0.6) is 0 Å². The molecule has 0 saturated heterocycles. The summed E-state index contributed by atoms with van der Waals surface area (Å²) in [5.41, 5.74) is 2.31. The highest BCUT2D eigenvalue weighted by Gasteiger charge is 2.10. The van der Waals surface area contributed by atoms with Crippen LogP contribution in [-0.2, 0) is 6.54 Å². The molecule has 2 aromatic heterocycles. The highest BCUT2D eigenvalue weighted by Crippen LogP contribution is 2.19. The summed E-state index contributed by atoms with van der Waals surface area (Å²) in [5, 5.41) is 3.26. The fourth-order valence-electron chi connectivity index (χ4n) is 2.09. The second-order valence-corrected chi connectivity index (χ2v) is 4.79. The van der Waals surface area contributed by atoms with Gasteiger partial charge in [-0.3, -0.25) is 4.98 Å². The first kappa shape index (κ1) is 14.5. The van der Waals surface area contributed by atoms with Crippen molar-refractivity contribution >= 4 is 5.82 Å². The molecule has 1 N–H and O–H groups in total. The summed E-state index contributed by atoms with van der Waals surface area (Å²) in [6, 6.07) is 10.5. The van der Waals surface area contributed by atoms with Crippen molar-refractivity contribution in [2.24, 2.45) is 0 Å². The molecule has 1 atom stereocenters. The molecule has 0 aliphatic carbocycles. The fraction of sp³-hybridized carbons (Fsp3) is 0.375. The third-order valence-corrected chi connectivity index (χ3v) is 3.49. The van der Waals surface area contributed by atoms with Crippen molar-refractivity contribution in [1.82, 2.24) is 15.3 Å². The van der Waals surface area contributed by atoms with Crippen molar-refractivity contribution in [2.45, 2.75) is 26.4 Å². The summed E-state index contributed by atoms with van der Waals surface area (Å²) in [6.45, 7) is 5.97. The van der Waals surface area contributed by atoms with Gasteiger partial charge in [0.25, 0.3) is 0 Å². The van der Waals surface area contributed by atoms with Gasteiger partial charge in [0.1, 0.15) is 5.82 Å². The molecule has 0 fully saturated rings. The molecule has 4 nitrogen and oxygen atoms in total. The second kappa shape index (κ2) is 7.01. The number of hydrogen-bond donors (Lipinski definition) is 1. The molecule has 2 aromatic rings. The van der Waals surface area contributed by atoms with E-state index < -0.39 is 0 Å². The molecule has 0 bridgehead atoms. The quantitative estimate of drug-likeness (QED) is 0.876. The van der Waals surface area contributed by atoms with Crippen molar-refractivity contribution in [3.63, 3.8) is 0 Å². The summed E-state index contributed by atoms with van der Waals surface area (Å²) < 4.78 is 0. The lowest BCUT2D eigenvalue weighted by Gasteiger charge is -2.23. The van der Waals surface area contributed by atoms with Crippen LogP contribution >= 0.6 is 0 Å². The van der Waals surface area contributed by atoms with Crippen LogP contribution in [0.3, 0.4) is 0 Å². The molecule has 0 spiro atoms. The van der Waals surface area contributed by atoms with E-state index in [9.17, 15) is 0 Å². The SMILES string of the molecule is CCN(Cc1ccccn1)c1cc(C(C)NC)ccn1. The van der Waals surface area contributed by atoms with Gasteiger partial charge in [-0.1, -0.05) is 6.07 Å². The van der Waals surface area contributed by atoms with Gasteiger partial charge in [0, 0.05) is 25.0 Å². The van der Waals surface area contributed by atoms with Crippen LogP contribution in [0.25, 0.3) is 0 Å². The number of anilines is 1. The van der Waals surface area contributed by atoms with E-state index in [0.717, 1.165) is 24.6 Å². The lowest BCUT2D eigenvalue weighted by Crippen LogP contribution is -2.24.